The molecule has 0 bridgehead atoms. The van der Waals surface area contributed by atoms with Crippen molar-refractivity contribution in [2.75, 3.05) is 58.3 Å². The summed E-state index contributed by atoms with van der Waals surface area (Å²) in [6.07, 6.45) is 1.61. The smallest absolute Gasteiger partial charge is 0.251 e. The second-order valence-corrected chi connectivity index (χ2v) is 7.84. The van der Waals surface area contributed by atoms with Gasteiger partial charge < -0.3 is 24.8 Å². The molecule has 1 unspecified atom stereocenters. The topological polar surface area (TPSA) is 73.3 Å². The molecule has 0 spiro atoms. The van der Waals surface area contributed by atoms with Crippen LogP contribution in [0.1, 0.15) is 25.5 Å². The maximum absolute atomic E-state index is 12.5. The van der Waals surface area contributed by atoms with Crippen molar-refractivity contribution in [2.45, 2.75) is 32.4 Å². The van der Waals surface area contributed by atoms with E-state index in [0.717, 1.165) is 49.3 Å². The average Bonchev–Trinajstić information content (AvgIpc) is 3.36. The number of rotatable bonds is 5. The molecule has 28 heavy (non-hydrogen) atoms. The van der Waals surface area contributed by atoms with Gasteiger partial charge in [-0.2, -0.15) is 0 Å². The second-order valence-electron chi connectivity index (χ2n) is 7.00. The van der Waals surface area contributed by atoms with Crippen LogP contribution in [0.2, 0.25) is 0 Å². The minimum atomic E-state index is -0.228. The van der Waals surface area contributed by atoms with Gasteiger partial charge in [0.1, 0.15) is 6.10 Å². The van der Waals surface area contributed by atoms with Gasteiger partial charge in [0.05, 0.1) is 12.2 Å². The summed E-state index contributed by atoms with van der Waals surface area (Å²) in [4.78, 5) is 28.0. The van der Waals surface area contributed by atoms with E-state index in [9.17, 15) is 4.79 Å². The zero-order valence-corrected chi connectivity index (χ0v) is 20.0. The molecule has 2 saturated heterocycles. The Morgan fingerprint density at radius 1 is 1.36 bits per heavy atom. The molecular formula is C18H31IN6O2S. The van der Waals surface area contributed by atoms with E-state index >= 15 is 0 Å². The number of carbonyl (C=O) groups is 1. The number of thiazole rings is 1. The summed E-state index contributed by atoms with van der Waals surface area (Å²) in [5.41, 5.74) is 0.978. The quantitative estimate of drug-likeness (QED) is 0.360. The van der Waals surface area contributed by atoms with Gasteiger partial charge in [0.15, 0.2) is 11.1 Å². The van der Waals surface area contributed by atoms with Crippen molar-refractivity contribution >= 4 is 52.3 Å². The van der Waals surface area contributed by atoms with Crippen LogP contribution in [0.5, 0.6) is 0 Å². The van der Waals surface area contributed by atoms with E-state index in [1.807, 2.05) is 23.9 Å². The molecule has 1 atom stereocenters. The molecule has 0 aliphatic carbocycles. The molecule has 0 radical (unpaired) electrons. The van der Waals surface area contributed by atoms with Gasteiger partial charge in [-0.3, -0.25) is 4.79 Å². The highest BCUT2D eigenvalue weighted by atomic mass is 127. The van der Waals surface area contributed by atoms with E-state index in [4.69, 9.17) is 9.73 Å². The second kappa shape index (κ2) is 11.1. The van der Waals surface area contributed by atoms with E-state index in [0.29, 0.717) is 26.2 Å². The Bertz CT molecular complexity index is 654. The van der Waals surface area contributed by atoms with Crippen LogP contribution in [0.15, 0.2) is 10.4 Å². The summed E-state index contributed by atoms with van der Waals surface area (Å²) in [5, 5.41) is 6.41. The lowest BCUT2D eigenvalue weighted by Crippen LogP contribution is -2.55. The summed E-state index contributed by atoms with van der Waals surface area (Å²) < 4.78 is 5.54. The number of amides is 1. The number of hydrogen-bond donors (Lipinski definition) is 1. The van der Waals surface area contributed by atoms with Crippen molar-refractivity contribution in [1.82, 2.24) is 20.1 Å². The summed E-state index contributed by atoms with van der Waals surface area (Å²) in [7, 11) is 3.99. The third-order valence-corrected chi connectivity index (χ3v) is 5.80. The van der Waals surface area contributed by atoms with Gasteiger partial charge in [0, 0.05) is 58.8 Å². The van der Waals surface area contributed by atoms with E-state index in [1.165, 1.54) is 0 Å². The van der Waals surface area contributed by atoms with Gasteiger partial charge in [0.25, 0.3) is 5.91 Å². The van der Waals surface area contributed by atoms with Crippen LogP contribution < -0.4 is 10.2 Å². The van der Waals surface area contributed by atoms with Crippen molar-refractivity contribution in [1.29, 1.82) is 0 Å². The molecule has 1 N–H and O–H groups in total. The normalized spacial score (nSPS) is 20.1. The van der Waals surface area contributed by atoms with Gasteiger partial charge in [-0.15, -0.1) is 35.3 Å². The Labute approximate surface area is 188 Å². The summed E-state index contributed by atoms with van der Waals surface area (Å²) >= 11 is 1.63. The van der Waals surface area contributed by atoms with E-state index in [1.54, 1.807) is 11.3 Å². The molecule has 1 aromatic rings. The summed E-state index contributed by atoms with van der Waals surface area (Å²) in [6, 6.07) is 0. The fourth-order valence-electron chi connectivity index (χ4n) is 3.27. The van der Waals surface area contributed by atoms with E-state index < -0.39 is 0 Å². The molecule has 10 heteroatoms. The monoisotopic (exact) mass is 522 g/mol. The molecule has 3 rings (SSSR count). The SMILES string of the molecule is CCNC(=NCc1csc(N(C)C)n1)N1CCN(C(=O)C2CCCO2)CC1.I. The number of piperazine rings is 1. The van der Waals surface area contributed by atoms with Crippen molar-refractivity contribution in [3.8, 4) is 0 Å². The fraction of sp³-hybridized carbons (Fsp3) is 0.722. The van der Waals surface area contributed by atoms with Crippen molar-refractivity contribution in [3.63, 3.8) is 0 Å². The third kappa shape index (κ3) is 5.93. The molecule has 3 heterocycles. The van der Waals surface area contributed by atoms with Crippen LogP contribution in [0.4, 0.5) is 5.13 Å². The van der Waals surface area contributed by atoms with Gasteiger partial charge in [-0.1, -0.05) is 0 Å². The third-order valence-electron chi connectivity index (χ3n) is 4.74. The maximum atomic E-state index is 12.5. The number of aliphatic imine (C=N–C) groups is 1. The highest BCUT2D eigenvalue weighted by Crippen LogP contribution is 2.19. The van der Waals surface area contributed by atoms with Crippen LogP contribution in [-0.2, 0) is 16.1 Å². The Morgan fingerprint density at radius 2 is 2.07 bits per heavy atom. The summed E-state index contributed by atoms with van der Waals surface area (Å²) in [5.74, 6) is 1.04. The predicted octanol–water partition coefficient (Wildman–Crippen LogP) is 1.62. The van der Waals surface area contributed by atoms with Crippen molar-refractivity contribution in [2.24, 2.45) is 4.99 Å². The predicted molar refractivity (Wildman–Crippen MR) is 124 cm³/mol. The molecule has 0 saturated carbocycles. The zero-order valence-electron chi connectivity index (χ0n) is 16.9. The number of nitrogens with zero attached hydrogens (tertiary/aromatic N) is 5. The molecule has 8 nitrogen and oxygen atoms in total. The number of nitrogens with one attached hydrogen (secondary N) is 1. The maximum Gasteiger partial charge on any atom is 0.251 e. The summed E-state index contributed by atoms with van der Waals surface area (Å²) in [6.45, 7) is 7.14. The highest BCUT2D eigenvalue weighted by Gasteiger charge is 2.30. The fourth-order valence-corrected chi connectivity index (χ4v) is 4.02. The lowest BCUT2D eigenvalue weighted by molar-refractivity contribution is -0.142. The lowest BCUT2D eigenvalue weighted by Gasteiger charge is -2.37. The zero-order chi connectivity index (χ0) is 19.2. The van der Waals surface area contributed by atoms with Gasteiger partial charge >= 0.3 is 0 Å². The largest absolute Gasteiger partial charge is 0.368 e. The van der Waals surface area contributed by atoms with Gasteiger partial charge in [-0.25, -0.2) is 9.98 Å². The molecule has 158 valence electrons. The Morgan fingerprint density at radius 3 is 2.64 bits per heavy atom. The van der Waals surface area contributed by atoms with Crippen LogP contribution in [0.3, 0.4) is 0 Å². The number of halogens is 1. The first-order valence-corrected chi connectivity index (χ1v) is 10.5. The molecule has 2 fully saturated rings. The van der Waals surface area contributed by atoms with E-state index in [-0.39, 0.29) is 36.0 Å². The first-order chi connectivity index (χ1) is 13.1. The molecule has 1 aromatic heterocycles. The molecule has 2 aliphatic rings. The number of guanidine groups is 1. The molecule has 2 aliphatic heterocycles. The van der Waals surface area contributed by atoms with Crippen molar-refractivity contribution < 1.29 is 9.53 Å². The average molecular weight is 522 g/mol. The first-order valence-electron chi connectivity index (χ1n) is 9.64. The number of aromatic nitrogens is 1. The number of ether oxygens (including phenoxy) is 1. The minimum Gasteiger partial charge on any atom is -0.368 e. The van der Waals surface area contributed by atoms with Gasteiger partial charge in [-0.05, 0) is 19.8 Å². The van der Waals surface area contributed by atoms with Crippen LogP contribution in [-0.4, -0.2) is 86.2 Å². The van der Waals surface area contributed by atoms with Crippen LogP contribution in [0.25, 0.3) is 0 Å². The highest BCUT2D eigenvalue weighted by molar-refractivity contribution is 14.0. The van der Waals surface area contributed by atoms with Crippen molar-refractivity contribution in [3.05, 3.63) is 11.1 Å². The van der Waals surface area contributed by atoms with Crippen LogP contribution in [0, 0.1) is 0 Å². The van der Waals surface area contributed by atoms with Crippen LogP contribution >= 0.6 is 35.3 Å². The molecule has 0 aromatic carbocycles. The Balaban J connectivity index is 0.00000280. The molecular weight excluding hydrogens is 491 g/mol. The number of hydrogen-bond acceptors (Lipinski definition) is 6. The minimum absolute atomic E-state index is 0. The standard InChI is InChI=1S/C18H30N6O2S.HI/c1-4-19-17(20-12-14-13-27-18(21-14)22(2)3)24-9-7-23(8-10-24)16(25)15-6-5-11-26-15;/h13,15H,4-12H2,1-3H3,(H,19,20);1H. The Hall–Kier alpha value is -1.14. The first kappa shape index (κ1) is 23.1. The molecule has 1 amide bonds. The number of carbonyl (C=O) groups excluding carboxylic acids is 1. The van der Waals surface area contributed by atoms with E-state index in [2.05, 4.69) is 27.5 Å². The number of anilines is 1. The Kier molecular flexibility index (Phi) is 9.22. The lowest BCUT2D eigenvalue weighted by atomic mass is 10.2. The van der Waals surface area contributed by atoms with Gasteiger partial charge in [0.2, 0.25) is 0 Å².